The van der Waals surface area contributed by atoms with Crippen molar-refractivity contribution in [2.75, 3.05) is 0 Å². The Kier molecular flexibility index (Phi) is 7.72. The molecule has 2 heterocycles. The van der Waals surface area contributed by atoms with Crippen LogP contribution in [0.25, 0.3) is 10.1 Å². The van der Waals surface area contributed by atoms with Crippen molar-refractivity contribution in [3.63, 3.8) is 0 Å². The number of nitrogens with zero attached hydrogens (tertiary/aromatic N) is 1. The number of carbonyl (C=O) groups excluding carboxylic acids is 1. The van der Waals surface area contributed by atoms with Gasteiger partial charge in [-0.05, 0) is 42.0 Å². The third-order valence-corrected chi connectivity index (χ3v) is 8.96. The molecule has 2 N–H and O–H groups in total. The first-order valence-electron chi connectivity index (χ1n) is 12.6. The minimum Gasteiger partial charge on any atom is -0.489 e. The summed E-state index contributed by atoms with van der Waals surface area (Å²) in [6.45, 7) is 0.280. The lowest BCUT2D eigenvalue weighted by Crippen LogP contribution is -2.21. The summed E-state index contributed by atoms with van der Waals surface area (Å²) in [4.78, 5) is 13.3. The molecule has 0 radical (unpaired) electrons. The predicted octanol–water partition coefficient (Wildman–Crippen LogP) is 8.88. The topological polar surface area (TPSA) is 94.6 Å². The zero-order chi connectivity index (χ0) is 29.4. The summed E-state index contributed by atoms with van der Waals surface area (Å²) < 4.78 is 18.3. The fourth-order valence-corrected chi connectivity index (χ4v) is 6.58. The van der Waals surface area contributed by atoms with Crippen molar-refractivity contribution >= 4 is 62.2 Å². The van der Waals surface area contributed by atoms with Crippen LogP contribution in [0.5, 0.6) is 17.2 Å². The van der Waals surface area contributed by atoms with Crippen LogP contribution in [0.4, 0.5) is 0 Å². The molecule has 0 saturated carbocycles. The van der Waals surface area contributed by atoms with E-state index in [1.54, 1.807) is 42.5 Å². The Labute approximate surface area is 260 Å². The molecule has 0 spiro atoms. The third kappa shape index (κ3) is 5.38. The van der Waals surface area contributed by atoms with E-state index >= 15 is 0 Å². The van der Waals surface area contributed by atoms with Crippen molar-refractivity contribution in [3.05, 3.63) is 133 Å². The van der Waals surface area contributed by atoms with Crippen LogP contribution in [-0.4, -0.2) is 5.97 Å². The zero-order valence-corrected chi connectivity index (χ0v) is 24.7. The summed E-state index contributed by atoms with van der Waals surface area (Å²) >= 11 is 20.0. The Morgan fingerprint density at radius 2 is 1.81 bits per heavy atom. The quantitative estimate of drug-likeness (QED) is 0.148. The number of halogens is 3. The van der Waals surface area contributed by atoms with Crippen LogP contribution < -0.4 is 19.9 Å². The summed E-state index contributed by atoms with van der Waals surface area (Å²) in [6, 6.07) is 27.2. The predicted molar refractivity (Wildman–Crippen MR) is 165 cm³/mol. The van der Waals surface area contributed by atoms with Gasteiger partial charge in [-0.3, -0.25) is 0 Å². The number of benzene rings is 4. The summed E-state index contributed by atoms with van der Waals surface area (Å²) in [5.74, 6) is 0.00421. The highest BCUT2D eigenvalue weighted by Gasteiger charge is 2.31. The summed E-state index contributed by atoms with van der Waals surface area (Å²) in [6.07, 6.45) is 0. The van der Waals surface area contributed by atoms with E-state index < -0.39 is 11.9 Å². The maximum atomic E-state index is 13.1. The highest BCUT2D eigenvalue weighted by molar-refractivity contribution is 7.21. The van der Waals surface area contributed by atoms with Crippen LogP contribution in [0.3, 0.4) is 0 Å². The summed E-state index contributed by atoms with van der Waals surface area (Å²) in [7, 11) is 0. The number of nitriles is 1. The van der Waals surface area contributed by atoms with Gasteiger partial charge in [-0.2, -0.15) is 5.26 Å². The number of ether oxygens (including phenoxy) is 3. The molecule has 0 aliphatic carbocycles. The second kappa shape index (κ2) is 11.6. The zero-order valence-electron chi connectivity index (χ0n) is 21.6. The summed E-state index contributed by atoms with van der Waals surface area (Å²) in [5.41, 5.74) is 8.76. The number of allylic oxidation sites excluding steroid dienone is 1. The van der Waals surface area contributed by atoms with E-state index in [2.05, 4.69) is 6.07 Å². The van der Waals surface area contributed by atoms with E-state index in [0.29, 0.717) is 32.1 Å². The molecule has 1 aliphatic heterocycles. The Bertz CT molecular complexity index is 1950. The van der Waals surface area contributed by atoms with Crippen LogP contribution in [0, 0.1) is 11.3 Å². The number of carbonyl (C=O) groups is 1. The van der Waals surface area contributed by atoms with Crippen molar-refractivity contribution < 1.29 is 19.0 Å². The molecule has 10 heteroatoms. The standard InChI is InChI=1S/C32H19Cl3N2O4S/c33-19-8-10-23-27(13-19)42-30(29(23)35)32(38)40-21-9-11-22-26(14-21)41-31(37)24(15-36)28(22)17-5-3-6-20(12-17)39-16-18-4-1-2-7-25(18)34/h1-14,28H,16,37H2. The van der Waals surface area contributed by atoms with Gasteiger partial charge >= 0.3 is 5.97 Å². The van der Waals surface area contributed by atoms with E-state index in [1.165, 1.54) is 11.3 Å². The van der Waals surface area contributed by atoms with Gasteiger partial charge in [0.25, 0.3) is 0 Å². The molecule has 1 unspecified atom stereocenters. The second-order valence-electron chi connectivity index (χ2n) is 9.35. The van der Waals surface area contributed by atoms with Gasteiger partial charge in [-0.25, -0.2) is 4.79 Å². The molecule has 0 amide bonds. The molecule has 1 aromatic heterocycles. The lowest BCUT2D eigenvalue weighted by Gasteiger charge is -2.27. The average molecular weight is 634 g/mol. The van der Waals surface area contributed by atoms with Crippen molar-refractivity contribution in [1.82, 2.24) is 0 Å². The normalized spacial score (nSPS) is 14.2. The third-order valence-electron chi connectivity index (χ3n) is 6.72. The molecule has 208 valence electrons. The number of nitrogens with two attached hydrogens (primary N) is 1. The minimum atomic E-state index is -0.616. The van der Waals surface area contributed by atoms with Gasteiger partial charge in [0, 0.05) is 37.3 Å². The Balaban J connectivity index is 1.28. The molecule has 0 bridgehead atoms. The fraction of sp³-hybridized carbons (Fsp3) is 0.0625. The van der Waals surface area contributed by atoms with Crippen LogP contribution >= 0.6 is 46.1 Å². The van der Waals surface area contributed by atoms with Crippen LogP contribution in [0.15, 0.2) is 96.4 Å². The van der Waals surface area contributed by atoms with Gasteiger partial charge in [-0.15, -0.1) is 11.3 Å². The first kappa shape index (κ1) is 28.0. The molecular weight excluding hydrogens is 615 g/mol. The molecule has 1 atom stereocenters. The van der Waals surface area contributed by atoms with Crippen LogP contribution in [0.2, 0.25) is 15.1 Å². The largest absolute Gasteiger partial charge is 0.489 e. The van der Waals surface area contributed by atoms with Gasteiger partial charge < -0.3 is 19.9 Å². The Hall–Kier alpha value is -4.19. The molecule has 4 aromatic carbocycles. The molecule has 42 heavy (non-hydrogen) atoms. The molecule has 1 aliphatic rings. The number of esters is 1. The van der Waals surface area contributed by atoms with Gasteiger partial charge in [-0.1, -0.05) is 77.3 Å². The number of fused-ring (bicyclic) bond motifs is 2. The molecular formula is C32H19Cl3N2O4S. The monoisotopic (exact) mass is 632 g/mol. The lowest BCUT2D eigenvalue weighted by atomic mass is 9.83. The fourth-order valence-electron chi connectivity index (χ4n) is 4.73. The number of thiophene rings is 1. The first-order valence-corrected chi connectivity index (χ1v) is 14.5. The van der Waals surface area contributed by atoms with E-state index in [-0.39, 0.29) is 28.7 Å². The van der Waals surface area contributed by atoms with Gasteiger partial charge in [0.05, 0.1) is 10.9 Å². The summed E-state index contributed by atoms with van der Waals surface area (Å²) in [5, 5.41) is 12.1. The molecule has 6 nitrogen and oxygen atoms in total. The van der Waals surface area contributed by atoms with E-state index in [9.17, 15) is 10.1 Å². The van der Waals surface area contributed by atoms with Crippen molar-refractivity contribution in [2.45, 2.75) is 12.5 Å². The highest BCUT2D eigenvalue weighted by Crippen LogP contribution is 2.44. The molecule has 0 saturated heterocycles. The average Bonchev–Trinajstić information content (AvgIpc) is 3.31. The first-order chi connectivity index (χ1) is 20.3. The van der Waals surface area contributed by atoms with E-state index in [4.69, 9.17) is 54.7 Å². The number of hydrogen-bond acceptors (Lipinski definition) is 7. The van der Waals surface area contributed by atoms with Crippen molar-refractivity contribution in [3.8, 4) is 23.3 Å². The van der Waals surface area contributed by atoms with Crippen LogP contribution in [0.1, 0.15) is 32.3 Å². The van der Waals surface area contributed by atoms with Gasteiger partial charge in [0.2, 0.25) is 5.88 Å². The maximum Gasteiger partial charge on any atom is 0.355 e. The molecule has 6 rings (SSSR count). The highest BCUT2D eigenvalue weighted by atomic mass is 35.5. The van der Waals surface area contributed by atoms with E-state index in [1.807, 2.05) is 42.5 Å². The van der Waals surface area contributed by atoms with Crippen LogP contribution in [-0.2, 0) is 6.61 Å². The Morgan fingerprint density at radius 1 is 0.976 bits per heavy atom. The minimum absolute atomic E-state index is 0.0368. The van der Waals surface area contributed by atoms with Crippen molar-refractivity contribution in [2.24, 2.45) is 5.73 Å². The second-order valence-corrected chi connectivity index (χ2v) is 11.6. The van der Waals surface area contributed by atoms with Gasteiger partial charge in [0.15, 0.2) is 0 Å². The molecule has 5 aromatic rings. The number of hydrogen-bond donors (Lipinski definition) is 1. The Morgan fingerprint density at radius 3 is 2.62 bits per heavy atom. The van der Waals surface area contributed by atoms with E-state index in [0.717, 1.165) is 21.2 Å². The lowest BCUT2D eigenvalue weighted by molar-refractivity contribution is 0.0740. The SMILES string of the molecule is N#CC1=C(N)Oc2cc(OC(=O)c3sc4cc(Cl)ccc4c3Cl)ccc2C1c1cccc(OCc2ccccc2Cl)c1. The smallest absolute Gasteiger partial charge is 0.355 e. The maximum absolute atomic E-state index is 13.1. The number of rotatable bonds is 6. The van der Waals surface area contributed by atoms with Crippen molar-refractivity contribution in [1.29, 1.82) is 5.26 Å². The molecule has 0 fully saturated rings. The van der Waals surface area contributed by atoms with Gasteiger partial charge in [0.1, 0.15) is 40.4 Å².